The summed E-state index contributed by atoms with van der Waals surface area (Å²) in [5.74, 6) is 0.952. The van der Waals surface area contributed by atoms with E-state index in [1.165, 1.54) is 0 Å². The molecule has 1 aliphatic rings. The minimum absolute atomic E-state index is 0.0340. The second-order valence-electron chi connectivity index (χ2n) is 5.79. The largest absolute Gasteiger partial charge is 0.493 e. The number of hydrogen-bond donors (Lipinski definition) is 1. The van der Waals surface area contributed by atoms with Gasteiger partial charge in [0.25, 0.3) is 5.91 Å². The molecule has 1 aromatic rings. The Bertz CT molecular complexity index is 493. The van der Waals surface area contributed by atoms with Crippen molar-refractivity contribution in [3.05, 3.63) is 29.8 Å². The quantitative estimate of drug-likeness (QED) is 0.779. The summed E-state index contributed by atoms with van der Waals surface area (Å²) in [5, 5.41) is 0. The van der Waals surface area contributed by atoms with Crippen LogP contribution in [0.2, 0.25) is 0 Å². The van der Waals surface area contributed by atoms with Gasteiger partial charge < -0.3 is 20.1 Å². The molecule has 0 saturated carbocycles. The van der Waals surface area contributed by atoms with Crippen LogP contribution in [-0.4, -0.2) is 49.8 Å². The van der Waals surface area contributed by atoms with E-state index in [2.05, 4.69) is 0 Å². The van der Waals surface area contributed by atoms with Gasteiger partial charge in [-0.2, -0.15) is 0 Å². The first-order valence-electron chi connectivity index (χ1n) is 7.90. The Morgan fingerprint density at radius 1 is 1.41 bits per heavy atom. The van der Waals surface area contributed by atoms with Gasteiger partial charge in [-0.15, -0.1) is 0 Å². The average molecular weight is 306 g/mol. The van der Waals surface area contributed by atoms with Crippen LogP contribution in [0, 0.1) is 6.92 Å². The zero-order chi connectivity index (χ0) is 15.9. The second kappa shape index (κ2) is 8.15. The highest BCUT2D eigenvalue weighted by Gasteiger charge is 2.31. The summed E-state index contributed by atoms with van der Waals surface area (Å²) < 4.78 is 11.4. The molecule has 0 unspecified atom stereocenters. The summed E-state index contributed by atoms with van der Waals surface area (Å²) in [7, 11) is 1.81. The molecule has 122 valence electrons. The van der Waals surface area contributed by atoms with E-state index in [9.17, 15) is 4.79 Å². The normalized spacial score (nSPS) is 20.9. The van der Waals surface area contributed by atoms with E-state index in [0.29, 0.717) is 19.7 Å². The molecular weight excluding hydrogens is 280 g/mol. The maximum Gasteiger partial charge on any atom is 0.251 e. The molecule has 2 N–H and O–H groups in total. The number of hydrogen-bond acceptors (Lipinski definition) is 4. The van der Waals surface area contributed by atoms with Gasteiger partial charge in [0.1, 0.15) is 11.9 Å². The van der Waals surface area contributed by atoms with Crippen molar-refractivity contribution >= 4 is 5.91 Å². The van der Waals surface area contributed by atoms with E-state index >= 15 is 0 Å². The van der Waals surface area contributed by atoms with Crippen molar-refractivity contribution < 1.29 is 14.3 Å². The van der Waals surface area contributed by atoms with Gasteiger partial charge in [-0.1, -0.05) is 18.2 Å². The molecule has 0 bridgehead atoms. The number of ether oxygens (including phenoxy) is 2. The molecule has 1 amide bonds. The monoisotopic (exact) mass is 306 g/mol. The van der Waals surface area contributed by atoms with Crippen molar-refractivity contribution in [3.63, 3.8) is 0 Å². The van der Waals surface area contributed by atoms with Crippen molar-refractivity contribution in [1.29, 1.82) is 0 Å². The Morgan fingerprint density at radius 3 is 2.86 bits per heavy atom. The molecular formula is C17H26N2O3. The molecule has 1 aliphatic heterocycles. The summed E-state index contributed by atoms with van der Waals surface area (Å²) >= 11 is 0. The number of para-hydroxylation sites is 1. The van der Waals surface area contributed by atoms with E-state index in [1.807, 2.05) is 38.2 Å². The second-order valence-corrected chi connectivity index (χ2v) is 5.79. The Labute approximate surface area is 132 Å². The number of aryl methyl sites for hydroxylation is 1. The minimum Gasteiger partial charge on any atom is -0.493 e. The molecule has 0 aliphatic carbocycles. The van der Waals surface area contributed by atoms with Crippen LogP contribution < -0.4 is 10.5 Å². The van der Waals surface area contributed by atoms with Gasteiger partial charge in [-0.3, -0.25) is 4.79 Å². The van der Waals surface area contributed by atoms with Gasteiger partial charge in [0.05, 0.1) is 12.7 Å². The Hall–Kier alpha value is -1.59. The lowest BCUT2D eigenvalue weighted by atomic mass is 10.2. The van der Waals surface area contributed by atoms with E-state index in [1.54, 1.807) is 4.90 Å². The topological polar surface area (TPSA) is 64.8 Å². The molecule has 1 heterocycles. The molecule has 0 aromatic heterocycles. The van der Waals surface area contributed by atoms with Crippen molar-refractivity contribution in [3.8, 4) is 5.75 Å². The lowest BCUT2D eigenvalue weighted by molar-refractivity contribution is -0.141. The van der Waals surface area contributed by atoms with Gasteiger partial charge in [0, 0.05) is 20.1 Å². The summed E-state index contributed by atoms with van der Waals surface area (Å²) in [6.07, 6.45) is 2.15. The van der Waals surface area contributed by atoms with Crippen molar-refractivity contribution in [2.45, 2.75) is 38.4 Å². The lowest BCUT2D eigenvalue weighted by Crippen LogP contribution is -2.38. The van der Waals surface area contributed by atoms with E-state index in [0.717, 1.165) is 30.6 Å². The Balaban J connectivity index is 1.68. The number of carbonyl (C=O) groups excluding carboxylic acids is 1. The lowest BCUT2D eigenvalue weighted by Gasteiger charge is -2.21. The van der Waals surface area contributed by atoms with Gasteiger partial charge in [0.2, 0.25) is 0 Å². The molecule has 1 aromatic carbocycles. The molecule has 2 rings (SSSR count). The van der Waals surface area contributed by atoms with Crippen molar-refractivity contribution in [2.24, 2.45) is 5.73 Å². The Kier molecular flexibility index (Phi) is 6.21. The smallest absolute Gasteiger partial charge is 0.251 e. The van der Waals surface area contributed by atoms with Crippen LogP contribution in [0.4, 0.5) is 0 Å². The highest BCUT2D eigenvalue weighted by molar-refractivity contribution is 5.80. The van der Waals surface area contributed by atoms with E-state index < -0.39 is 0 Å². The molecule has 1 fully saturated rings. The molecule has 22 heavy (non-hydrogen) atoms. The number of benzene rings is 1. The zero-order valence-corrected chi connectivity index (χ0v) is 13.5. The number of amides is 1. The van der Waals surface area contributed by atoms with Crippen LogP contribution in [0.3, 0.4) is 0 Å². The summed E-state index contributed by atoms with van der Waals surface area (Å²) in [4.78, 5) is 14.0. The number of rotatable bonds is 7. The van der Waals surface area contributed by atoms with Gasteiger partial charge >= 0.3 is 0 Å². The summed E-state index contributed by atoms with van der Waals surface area (Å²) in [6, 6.07) is 7.94. The van der Waals surface area contributed by atoms with E-state index in [-0.39, 0.29) is 18.1 Å². The van der Waals surface area contributed by atoms with Gasteiger partial charge in [-0.05, 0) is 37.8 Å². The van der Waals surface area contributed by atoms with Gasteiger partial charge in [-0.25, -0.2) is 0 Å². The molecule has 5 nitrogen and oxygen atoms in total. The van der Waals surface area contributed by atoms with Crippen molar-refractivity contribution in [1.82, 2.24) is 4.90 Å². The highest BCUT2D eigenvalue weighted by Crippen LogP contribution is 2.20. The zero-order valence-electron chi connectivity index (χ0n) is 13.5. The van der Waals surface area contributed by atoms with Crippen LogP contribution >= 0.6 is 0 Å². The predicted octanol–water partition coefficient (Wildman–Crippen LogP) is 1.73. The molecule has 2 atom stereocenters. The summed E-state index contributed by atoms with van der Waals surface area (Å²) in [6.45, 7) is 3.77. The first-order chi connectivity index (χ1) is 10.6. The number of nitrogens with two attached hydrogens (primary N) is 1. The van der Waals surface area contributed by atoms with Crippen molar-refractivity contribution in [2.75, 3.05) is 26.7 Å². The predicted molar refractivity (Wildman–Crippen MR) is 85.9 cm³/mol. The number of nitrogens with zero attached hydrogens (tertiary/aromatic N) is 1. The fraction of sp³-hybridized carbons (Fsp3) is 0.588. The fourth-order valence-electron chi connectivity index (χ4n) is 2.62. The van der Waals surface area contributed by atoms with Crippen LogP contribution in [0.25, 0.3) is 0 Å². The first kappa shape index (κ1) is 16.8. The first-order valence-corrected chi connectivity index (χ1v) is 7.90. The SMILES string of the molecule is Cc1ccccc1OCCCN(C)C(=O)[C@@H]1CC[C@H](CN)O1. The van der Waals surface area contributed by atoms with Crippen LogP contribution in [-0.2, 0) is 9.53 Å². The molecule has 5 heteroatoms. The Morgan fingerprint density at radius 2 is 2.18 bits per heavy atom. The average Bonchev–Trinajstić information content (AvgIpc) is 3.01. The van der Waals surface area contributed by atoms with Crippen LogP contribution in [0.5, 0.6) is 5.75 Å². The number of likely N-dealkylation sites (N-methyl/N-ethyl adjacent to an activating group) is 1. The third-order valence-corrected chi connectivity index (χ3v) is 4.01. The summed E-state index contributed by atoms with van der Waals surface area (Å²) in [5.41, 5.74) is 6.70. The third-order valence-electron chi connectivity index (χ3n) is 4.01. The van der Waals surface area contributed by atoms with Crippen LogP contribution in [0.15, 0.2) is 24.3 Å². The maximum atomic E-state index is 12.2. The minimum atomic E-state index is -0.323. The number of carbonyl (C=O) groups is 1. The highest BCUT2D eigenvalue weighted by atomic mass is 16.5. The fourth-order valence-corrected chi connectivity index (χ4v) is 2.62. The molecule has 0 radical (unpaired) electrons. The third kappa shape index (κ3) is 4.45. The van der Waals surface area contributed by atoms with E-state index in [4.69, 9.17) is 15.2 Å². The van der Waals surface area contributed by atoms with Gasteiger partial charge in [0.15, 0.2) is 0 Å². The maximum absolute atomic E-state index is 12.2. The van der Waals surface area contributed by atoms with Crippen LogP contribution in [0.1, 0.15) is 24.8 Å². The molecule has 1 saturated heterocycles. The standard InChI is InChI=1S/C17H26N2O3/c1-13-6-3-4-7-15(13)21-11-5-10-19(2)17(20)16-9-8-14(12-18)22-16/h3-4,6-7,14,16H,5,8-12,18H2,1-2H3/t14-,16+/m1/s1. The molecule has 0 spiro atoms.